The highest BCUT2D eigenvalue weighted by Crippen LogP contribution is 2.26. The summed E-state index contributed by atoms with van der Waals surface area (Å²) in [5.74, 6) is 0.721. The summed E-state index contributed by atoms with van der Waals surface area (Å²) in [6, 6.07) is 11.5. The normalized spacial score (nSPS) is 14.4. The van der Waals surface area contributed by atoms with Crippen molar-refractivity contribution in [2.45, 2.75) is 33.6 Å². The molecule has 32 heavy (non-hydrogen) atoms. The van der Waals surface area contributed by atoms with Gasteiger partial charge < -0.3 is 14.7 Å². The van der Waals surface area contributed by atoms with Crippen molar-refractivity contribution in [2.24, 2.45) is 5.92 Å². The summed E-state index contributed by atoms with van der Waals surface area (Å²) in [7, 11) is 0. The Labute approximate surface area is 195 Å². The zero-order chi connectivity index (χ0) is 23.1. The molecule has 1 saturated heterocycles. The Morgan fingerprint density at radius 1 is 1.06 bits per heavy atom. The minimum atomic E-state index is -0.110. The van der Waals surface area contributed by atoms with E-state index in [9.17, 15) is 9.59 Å². The van der Waals surface area contributed by atoms with E-state index in [2.05, 4.69) is 15.1 Å². The summed E-state index contributed by atoms with van der Waals surface area (Å²) < 4.78 is 0. The van der Waals surface area contributed by atoms with Gasteiger partial charge in [0.15, 0.2) is 5.82 Å². The van der Waals surface area contributed by atoms with Crippen LogP contribution in [0.1, 0.15) is 33.6 Å². The summed E-state index contributed by atoms with van der Waals surface area (Å²) in [4.78, 5) is 31.0. The first kappa shape index (κ1) is 24.0. The van der Waals surface area contributed by atoms with Crippen molar-refractivity contribution in [1.82, 2.24) is 20.0 Å². The number of carbonyl (C=O) groups is 2. The first-order valence-corrected chi connectivity index (χ1v) is 11.7. The van der Waals surface area contributed by atoms with Gasteiger partial charge in [-0.25, -0.2) is 0 Å². The Bertz CT molecular complexity index is 919. The van der Waals surface area contributed by atoms with Gasteiger partial charge in [-0.15, -0.1) is 10.2 Å². The molecule has 172 valence electrons. The molecule has 0 aliphatic carbocycles. The van der Waals surface area contributed by atoms with Gasteiger partial charge in [-0.05, 0) is 31.0 Å². The molecule has 1 aliphatic rings. The Morgan fingerprint density at radius 3 is 2.50 bits per heavy atom. The van der Waals surface area contributed by atoms with E-state index in [-0.39, 0.29) is 24.3 Å². The molecule has 0 saturated carbocycles. The monoisotopic (exact) mass is 457 g/mol. The molecule has 0 radical (unpaired) electrons. The molecule has 2 amide bonds. The number of amides is 2. The Kier molecular flexibility index (Phi) is 8.45. The first-order valence-electron chi connectivity index (χ1n) is 11.3. The topological polar surface area (TPSA) is 69.6 Å². The number of aromatic nitrogens is 2. The standard InChI is InChI=1S/C24H32ClN5O2/c1-4-12-30(24(32)18(2)3)17-23(31)29-14-7-13-28(15-16-29)22-11-10-21(26-27-22)19-8-5-6-9-20(19)25/h5-6,8-11,18H,4,7,12-17H2,1-3H3. The predicted octanol–water partition coefficient (Wildman–Crippen LogP) is 3.73. The lowest BCUT2D eigenvalue weighted by Crippen LogP contribution is -2.45. The summed E-state index contributed by atoms with van der Waals surface area (Å²) in [6.45, 7) is 9.28. The summed E-state index contributed by atoms with van der Waals surface area (Å²) in [5, 5.41) is 9.42. The number of halogens is 1. The number of hydrogen-bond donors (Lipinski definition) is 0. The van der Waals surface area contributed by atoms with Gasteiger partial charge in [0.25, 0.3) is 0 Å². The van der Waals surface area contributed by atoms with Crippen LogP contribution in [0.25, 0.3) is 11.3 Å². The minimum absolute atomic E-state index is 0.00875. The van der Waals surface area contributed by atoms with Crippen LogP contribution in [-0.4, -0.2) is 71.1 Å². The third kappa shape index (κ3) is 5.97. The van der Waals surface area contributed by atoms with Crippen molar-refractivity contribution in [3.05, 3.63) is 41.4 Å². The second kappa shape index (κ2) is 11.3. The van der Waals surface area contributed by atoms with E-state index in [0.29, 0.717) is 31.2 Å². The van der Waals surface area contributed by atoms with Crippen molar-refractivity contribution >= 4 is 29.2 Å². The molecule has 1 aliphatic heterocycles. The number of anilines is 1. The SMILES string of the molecule is CCCN(CC(=O)N1CCCN(c2ccc(-c3ccccc3Cl)nn2)CC1)C(=O)C(C)C. The molecule has 7 nitrogen and oxygen atoms in total. The summed E-state index contributed by atoms with van der Waals surface area (Å²) >= 11 is 6.27. The number of rotatable bonds is 7. The molecule has 1 aromatic carbocycles. The smallest absolute Gasteiger partial charge is 0.242 e. The van der Waals surface area contributed by atoms with E-state index in [1.165, 1.54) is 0 Å². The van der Waals surface area contributed by atoms with Crippen molar-refractivity contribution in [3.63, 3.8) is 0 Å². The zero-order valence-corrected chi connectivity index (χ0v) is 19.9. The maximum Gasteiger partial charge on any atom is 0.242 e. The lowest BCUT2D eigenvalue weighted by atomic mass is 10.1. The van der Waals surface area contributed by atoms with Crippen LogP contribution >= 0.6 is 11.6 Å². The van der Waals surface area contributed by atoms with E-state index in [1.54, 1.807) is 4.90 Å². The van der Waals surface area contributed by atoms with E-state index in [4.69, 9.17) is 11.6 Å². The lowest BCUT2D eigenvalue weighted by Gasteiger charge is -2.28. The number of carbonyl (C=O) groups excluding carboxylic acids is 2. The Morgan fingerprint density at radius 2 is 1.84 bits per heavy atom. The van der Waals surface area contributed by atoms with Gasteiger partial charge in [0, 0.05) is 44.2 Å². The van der Waals surface area contributed by atoms with Crippen LogP contribution in [0, 0.1) is 5.92 Å². The highest BCUT2D eigenvalue weighted by atomic mass is 35.5. The number of hydrogen-bond acceptors (Lipinski definition) is 5. The highest BCUT2D eigenvalue weighted by molar-refractivity contribution is 6.33. The van der Waals surface area contributed by atoms with Crippen LogP contribution in [0.3, 0.4) is 0 Å². The van der Waals surface area contributed by atoms with Crippen LogP contribution < -0.4 is 4.90 Å². The molecule has 1 aromatic heterocycles. The molecule has 0 atom stereocenters. The number of nitrogens with zero attached hydrogens (tertiary/aromatic N) is 5. The molecule has 2 aromatic rings. The average molecular weight is 458 g/mol. The lowest BCUT2D eigenvalue weighted by molar-refractivity contribution is -0.142. The molecule has 3 rings (SSSR count). The molecular weight excluding hydrogens is 426 g/mol. The van der Waals surface area contributed by atoms with Gasteiger partial charge in [-0.3, -0.25) is 9.59 Å². The Balaban J connectivity index is 1.61. The van der Waals surface area contributed by atoms with Crippen LogP contribution in [0.5, 0.6) is 0 Å². The minimum Gasteiger partial charge on any atom is -0.353 e. The van der Waals surface area contributed by atoms with Crippen molar-refractivity contribution in [2.75, 3.05) is 44.2 Å². The molecule has 1 fully saturated rings. The van der Waals surface area contributed by atoms with E-state index in [1.807, 2.05) is 62.1 Å². The molecule has 0 unspecified atom stereocenters. The second-order valence-corrected chi connectivity index (χ2v) is 8.80. The van der Waals surface area contributed by atoms with Crippen LogP contribution in [-0.2, 0) is 9.59 Å². The fraction of sp³-hybridized carbons (Fsp3) is 0.500. The van der Waals surface area contributed by atoms with Gasteiger partial charge >= 0.3 is 0 Å². The highest BCUT2D eigenvalue weighted by Gasteiger charge is 2.24. The summed E-state index contributed by atoms with van der Waals surface area (Å²) in [6.07, 6.45) is 1.67. The second-order valence-electron chi connectivity index (χ2n) is 8.39. The van der Waals surface area contributed by atoms with Gasteiger partial charge in [-0.1, -0.05) is 50.6 Å². The molecule has 0 N–H and O–H groups in total. The van der Waals surface area contributed by atoms with Crippen LogP contribution in [0.4, 0.5) is 5.82 Å². The fourth-order valence-corrected chi connectivity index (χ4v) is 4.10. The quantitative estimate of drug-likeness (QED) is 0.633. The van der Waals surface area contributed by atoms with E-state index in [0.717, 1.165) is 36.5 Å². The van der Waals surface area contributed by atoms with Crippen LogP contribution in [0.2, 0.25) is 5.02 Å². The largest absolute Gasteiger partial charge is 0.353 e. The predicted molar refractivity (Wildman–Crippen MR) is 128 cm³/mol. The molecule has 2 heterocycles. The van der Waals surface area contributed by atoms with Crippen molar-refractivity contribution in [3.8, 4) is 11.3 Å². The van der Waals surface area contributed by atoms with E-state index < -0.39 is 0 Å². The van der Waals surface area contributed by atoms with E-state index >= 15 is 0 Å². The average Bonchev–Trinajstić information content (AvgIpc) is 3.05. The zero-order valence-electron chi connectivity index (χ0n) is 19.1. The molecule has 0 bridgehead atoms. The van der Waals surface area contributed by atoms with Gasteiger partial charge in [0.2, 0.25) is 11.8 Å². The third-order valence-corrected chi connectivity index (χ3v) is 5.93. The van der Waals surface area contributed by atoms with Gasteiger partial charge in [0.05, 0.1) is 17.3 Å². The summed E-state index contributed by atoms with van der Waals surface area (Å²) in [5.41, 5.74) is 1.59. The molecular formula is C24H32ClN5O2. The van der Waals surface area contributed by atoms with Gasteiger partial charge in [-0.2, -0.15) is 0 Å². The van der Waals surface area contributed by atoms with Crippen molar-refractivity contribution < 1.29 is 9.59 Å². The van der Waals surface area contributed by atoms with Gasteiger partial charge in [0.1, 0.15) is 0 Å². The Hall–Kier alpha value is -2.67. The van der Waals surface area contributed by atoms with Crippen molar-refractivity contribution in [1.29, 1.82) is 0 Å². The number of benzene rings is 1. The fourth-order valence-electron chi connectivity index (χ4n) is 3.87. The molecule has 0 spiro atoms. The maximum atomic E-state index is 12.9. The van der Waals surface area contributed by atoms with Crippen LogP contribution in [0.15, 0.2) is 36.4 Å². The maximum absolute atomic E-state index is 12.9. The molecule has 8 heteroatoms. The third-order valence-electron chi connectivity index (χ3n) is 5.60. The first-order chi connectivity index (χ1) is 15.4.